The van der Waals surface area contributed by atoms with Gasteiger partial charge >= 0.3 is 0 Å². The Morgan fingerprint density at radius 3 is 2.36 bits per heavy atom. The number of nitrogens with zero attached hydrogens (tertiary/aromatic N) is 2. The molecule has 4 aromatic rings. The number of aliphatic hydroxyl groups is 1. The molecule has 1 aromatic heterocycles. The van der Waals surface area contributed by atoms with Gasteiger partial charge in [-0.3, -0.25) is 4.72 Å². The van der Waals surface area contributed by atoms with E-state index in [1.54, 1.807) is 68.6 Å². The van der Waals surface area contributed by atoms with Gasteiger partial charge in [0, 0.05) is 29.2 Å². The SMILES string of the molecule is Cc1ccc(F)c(S(=O)(=O)Nc2ccc(-c3cnc(Nc4ccc([S-](=N)=O)cc4)nc3NC(C)CO)cc2)c1. The number of anilines is 4. The van der Waals surface area contributed by atoms with Gasteiger partial charge in [-0.1, -0.05) is 35.2 Å². The number of rotatable bonds is 10. The van der Waals surface area contributed by atoms with Crippen LogP contribution in [0.2, 0.25) is 0 Å². The summed E-state index contributed by atoms with van der Waals surface area (Å²) in [5.74, 6) is -0.157. The van der Waals surface area contributed by atoms with Crippen molar-refractivity contribution in [3.63, 3.8) is 0 Å². The minimum atomic E-state index is -4.14. The van der Waals surface area contributed by atoms with Gasteiger partial charge in [0.2, 0.25) is 5.95 Å². The molecule has 4 rings (SSSR count). The summed E-state index contributed by atoms with van der Waals surface area (Å²) in [6.07, 6.45) is 1.58. The maximum atomic E-state index is 14.2. The fourth-order valence-corrected chi connectivity index (χ4v) is 5.18. The lowest BCUT2D eigenvalue weighted by molar-refractivity contribution is 0.281. The molecular weight excluding hydrogens is 543 g/mol. The van der Waals surface area contributed by atoms with Gasteiger partial charge in [0.1, 0.15) is 16.5 Å². The van der Waals surface area contributed by atoms with Crippen LogP contribution in [0, 0.1) is 17.5 Å². The third kappa shape index (κ3) is 6.88. The predicted octanol–water partition coefficient (Wildman–Crippen LogP) is 5.01. The Morgan fingerprint density at radius 2 is 1.72 bits per heavy atom. The van der Waals surface area contributed by atoms with E-state index >= 15 is 0 Å². The van der Waals surface area contributed by atoms with E-state index in [1.165, 1.54) is 12.1 Å². The molecule has 0 fully saturated rings. The molecule has 39 heavy (non-hydrogen) atoms. The van der Waals surface area contributed by atoms with Crippen LogP contribution in [0.5, 0.6) is 0 Å². The molecule has 0 spiro atoms. The lowest BCUT2D eigenvalue weighted by Gasteiger charge is -2.17. The number of aryl methyl sites for hydroxylation is 1. The molecule has 0 saturated carbocycles. The first-order valence-electron chi connectivity index (χ1n) is 11.7. The van der Waals surface area contributed by atoms with Gasteiger partial charge < -0.3 is 24.7 Å². The first-order valence-corrected chi connectivity index (χ1v) is 14.3. The average Bonchev–Trinajstić information content (AvgIpc) is 2.91. The van der Waals surface area contributed by atoms with E-state index in [0.29, 0.717) is 33.1 Å². The second-order valence-corrected chi connectivity index (χ2v) is 11.4. The molecule has 0 aliphatic heterocycles. The van der Waals surface area contributed by atoms with E-state index < -0.39 is 31.3 Å². The molecule has 5 N–H and O–H groups in total. The molecular formula is C26H26FN6O4S2-. The van der Waals surface area contributed by atoms with E-state index in [-0.39, 0.29) is 24.3 Å². The smallest absolute Gasteiger partial charge is 0.264 e. The van der Waals surface area contributed by atoms with Crippen LogP contribution in [-0.4, -0.2) is 36.1 Å². The summed E-state index contributed by atoms with van der Waals surface area (Å²) in [5.41, 5.74) is 2.75. The Morgan fingerprint density at radius 1 is 1.05 bits per heavy atom. The number of aromatic nitrogens is 2. The highest BCUT2D eigenvalue weighted by molar-refractivity contribution is 7.92. The standard InChI is InChI=1S/C26H26FN6O4S2/c1-16-3-12-23(27)24(13-16)39(36,37)33-20-6-4-18(5-7-20)22-14-29-26(32-25(22)30-17(2)15-34)31-19-8-10-21(11-9-19)38(28)35/h3-14,17,28,33-34H,15H2,1-2H3,(H2,29,30,31,32)/q-1. The molecule has 0 radical (unpaired) electrons. The van der Waals surface area contributed by atoms with Gasteiger partial charge in [-0.25, -0.2) is 17.8 Å². The van der Waals surface area contributed by atoms with Crippen molar-refractivity contribution in [1.29, 1.82) is 4.78 Å². The van der Waals surface area contributed by atoms with Gasteiger partial charge in [0.25, 0.3) is 10.0 Å². The summed E-state index contributed by atoms with van der Waals surface area (Å²) in [4.78, 5) is 8.83. The van der Waals surface area contributed by atoms with Crippen LogP contribution in [0.1, 0.15) is 12.5 Å². The maximum Gasteiger partial charge on any atom is 0.264 e. The van der Waals surface area contributed by atoms with E-state index in [2.05, 4.69) is 25.3 Å². The highest BCUT2D eigenvalue weighted by Crippen LogP contribution is 2.30. The Bertz CT molecular complexity index is 1650. The van der Waals surface area contributed by atoms with Crippen molar-refractivity contribution in [2.24, 2.45) is 0 Å². The molecule has 10 nitrogen and oxygen atoms in total. The van der Waals surface area contributed by atoms with Crippen molar-refractivity contribution in [2.75, 3.05) is 22.0 Å². The molecule has 0 bridgehead atoms. The largest absolute Gasteiger partial charge is 0.440 e. The van der Waals surface area contributed by atoms with E-state index in [4.69, 9.17) is 4.78 Å². The number of aliphatic hydroxyl groups excluding tert-OH is 1. The maximum absolute atomic E-state index is 14.2. The van der Waals surface area contributed by atoms with E-state index in [0.717, 1.165) is 6.07 Å². The van der Waals surface area contributed by atoms with Crippen molar-refractivity contribution < 1.29 is 22.1 Å². The summed E-state index contributed by atoms with van der Waals surface area (Å²) in [5, 5.41) is 15.7. The fourth-order valence-electron chi connectivity index (χ4n) is 3.58. The summed E-state index contributed by atoms with van der Waals surface area (Å²) in [6.45, 7) is 3.31. The second kappa shape index (κ2) is 11.8. The van der Waals surface area contributed by atoms with Crippen LogP contribution in [-0.2, 0) is 24.8 Å². The zero-order chi connectivity index (χ0) is 28.2. The predicted molar refractivity (Wildman–Crippen MR) is 148 cm³/mol. The molecule has 3 aromatic carbocycles. The summed E-state index contributed by atoms with van der Waals surface area (Å²) < 4.78 is 60.6. The number of nitrogens with one attached hydrogen (secondary N) is 4. The summed E-state index contributed by atoms with van der Waals surface area (Å²) >= 11 is 0. The zero-order valence-corrected chi connectivity index (χ0v) is 22.6. The summed E-state index contributed by atoms with van der Waals surface area (Å²) in [6, 6.07) is 16.4. The molecule has 0 amide bonds. The average molecular weight is 570 g/mol. The highest BCUT2D eigenvalue weighted by atomic mass is 32.2. The van der Waals surface area contributed by atoms with Crippen LogP contribution in [0.25, 0.3) is 11.1 Å². The lowest BCUT2D eigenvalue weighted by atomic mass is 10.1. The Balaban J connectivity index is 1.60. The fraction of sp³-hybridized carbons (Fsp3) is 0.154. The number of sulfonamides is 1. The minimum absolute atomic E-state index is 0.145. The number of hydrogen-bond acceptors (Lipinski definition) is 10. The third-order valence-corrected chi connectivity index (χ3v) is 7.69. The van der Waals surface area contributed by atoms with Gasteiger partial charge in [-0.15, -0.1) is 0 Å². The molecule has 1 unspecified atom stereocenters. The first-order chi connectivity index (χ1) is 18.6. The Kier molecular flexibility index (Phi) is 8.43. The van der Waals surface area contributed by atoms with Crippen molar-refractivity contribution >= 4 is 43.8 Å². The van der Waals surface area contributed by atoms with Crippen molar-refractivity contribution in [1.82, 2.24) is 9.97 Å². The molecule has 0 aliphatic rings. The Hall–Kier alpha value is -4.07. The van der Waals surface area contributed by atoms with Gasteiger partial charge in [-0.05, 0) is 61.4 Å². The van der Waals surface area contributed by atoms with Gasteiger partial charge in [0.15, 0.2) is 0 Å². The molecule has 0 aliphatic carbocycles. The second-order valence-electron chi connectivity index (χ2n) is 8.72. The van der Waals surface area contributed by atoms with Crippen LogP contribution in [0.4, 0.5) is 27.5 Å². The highest BCUT2D eigenvalue weighted by Gasteiger charge is 2.20. The van der Waals surface area contributed by atoms with E-state index in [9.17, 15) is 22.1 Å². The molecule has 1 heterocycles. The van der Waals surface area contributed by atoms with Crippen molar-refractivity contribution in [3.05, 3.63) is 84.3 Å². The van der Waals surface area contributed by atoms with Crippen LogP contribution in [0.3, 0.4) is 0 Å². The number of benzene rings is 3. The first kappa shape index (κ1) is 28.0. The van der Waals surface area contributed by atoms with Crippen molar-refractivity contribution in [2.45, 2.75) is 29.7 Å². The third-order valence-electron chi connectivity index (χ3n) is 5.59. The lowest BCUT2D eigenvalue weighted by Crippen LogP contribution is -2.21. The molecule has 13 heteroatoms. The normalized spacial score (nSPS) is 12.2. The summed E-state index contributed by atoms with van der Waals surface area (Å²) in [7, 11) is -5.98. The number of halogens is 1. The quantitative estimate of drug-likeness (QED) is 0.167. The monoisotopic (exact) mass is 569 g/mol. The molecule has 204 valence electrons. The number of hydrogen-bond donors (Lipinski definition) is 5. The van der Waals surface area contributed by atoms with Crippen LogP contribution >= 0.6 is 0 Å². The van der Waals surface area contributed by atoms with E-state index in [1.807, 2.05) is 0 Å². The van der Waals surface area contributed by atoms with Gasteiger partial charge in [-0.2, -0.15) is 15.6 Å². The van der Waals surface area contributed by atoms with Crippen LogP contribution < -0.4 is 15.4 Å². The molecule has 1 atom stereocenters. The van der Waals surface area contributed by atoms with Crippen LogP contribution in [0.15, 0.2) is 82.7 Å². The Labute approximate surface area is 227 Å². The van der Waals surface area contributed by atoms with Gasteiger partial charge in [0.05, 0.1) is 6.61 Å². The topological polar surface area (TPSA) is 157 Å². The molecule has 0 saturated heterocycles. The van der Waals surface area contributed by atoms with Crippen molar-refractivity contribution in [3.8, 4) is 11.1 Å². The minimum Gasteiger partial charge on any atom is -0.440 e. The zero-order valence-electron chi connectivity index (χ0n) is 21.0.